The Bertz CT molecular complexity index is 976. The van der Waals surface area contributed by atoms with Crippen molar-refractivity contribution in [2.45, 2.75) is 141 Å². The van der Waals surface area contributed by atoms with Crippen LogP contribution in [-0.4, -0.2) is 68.7 Å². The van der Waals surface area contributed by atoms with E-state index in [9.17, 15) is 5.11 Å². The van der Waals surface area contributed by atoms with Gasteiger partial charge in [-0.05, 0) is 64.2 Å². The van der Waals surface area contributed by atoms with Crippen molar-refractivity contribution in [3.63, 3.8) is 0 Å². The molecule has 1 N–H and O–H groups in total. The average Bonchev–Trinajstić information content (AvgIpc) is 2.83. The standard InChI is InChI=1S/C32H52O7Si/c1-30(2,3)40(8,9)35-20-18-27-22-29(39-32(6,7)38-27)28(33)16-15-25-21-26(37-31(4,5)36-25)17-19-34-23-24-13-11-10-12-14-24/h10-14,25-29,33H,17-23H2,1-9H3/t25-,26+,27-,28+,29-/m1/s1. The van der Waals surface area contributed by atoms with Gasteiger partial charge in [-0.1, -0.05) is 62.9 Å². The molecule has 0 aliphatic carbocycles. The van der Waals surface area contributed by atoms with E-state index in [1.165, 1.54) is 0 Å². The topological polar surface area (TPSA) is 75.6 Å². The molecule has 0 amide bonds. The Balaban J connectivity index is 1.52. The van der Waals surface area contributed by atoms with Crippen LogP contribution in [0.3, 0.4) is 0 Å². The molecule has 0 radical (unpaired) electrons. The Hall–Kier alpha value is -1.28. The van der Waals surface area contributed by atoms with E-state index < -0.39 is 32.1 Å². The van der Waals surface area contributed by atoms with Crippen molar-refractivity contribution >= 4 is 8.32 Å². The van der Waals surface area contributed by atoms with Crippen molar-refractivity contribution in [1.29, 1.82) is 0 Å². The van der Waals surface area contributed by atoms with E-state index >= 15 is 0 Å². The van der Waals surface area contributed by atoms with Gasteiger partial charge in [0.05, 0.1) is 18.8 Å². The largest absolute Gasteiger partial charge is 0.417 e. The fraction of sp³-hybridized carbons (Fsp3) is 0.750. The molecule has 2 heterocycles. The van der Waals surface area contributed by atoms with Gasteiger partial charge in [-0.25, -0.2) is 0 Å². The maximum atomic E-state index is 11.0. The molecule has 0 spiro atoms. The SMILES string of the molecule is CC1(C)O[C@@H](CCOCc2ccccc2)C[C@@H](C#C[C@H](O)[C@H]2C[C@@H](CCO[Si](C)(C)C(C)(C)C)OC(C)(C)O2)O1. The minimum atomic E-state index is -1.83. The van der Waals surface area contributed by atoms with Crippen LogP contribution in [0.5, 0.6) is 0 Å². The Kier molecular flexibility index (Phi) is 11.5. The van der Waals surface area contributed by atoms with Crippen molar-refractivity contribution in [2.75, 3.05) is 13.2 Å². The van der Waals surface area contributed by atoms with Crippen LogP contribution in [0.15, 0.2) is 30.3 Å². The summed E-state index contributed by atoms with van der Waals surface area (Å²) in [5, 5.41) is 11.2. The normalized spacial score (nSPS) is 27.4. The molecule has 3 rings (SSSR count). The minimum Gasteiger partial charge on any atom is -0.417 e. The predicted octanol–water partition coefficient (Wildman–Crippen LogP) is 6.19. The molecule has 40 heavy (non-hydrogen) atoms. The number of aliphatic hydroxyl groups excluding tert-OH is 1. The number of ether oxygens (including phenoxy) is 5. The lowest BCUT2D eigenvalue weighted by Crippen LogP contribution is -2.49. The second-order valence-corrected chi connectivity index (χ2v) is 18.3. The number of aliphatic hydroxyl groups is 1. The Morgan fingerprint density at radius 1 is 0.925 bits per heavy atom. The van der Waals surface area contributed by atoms with Crippen molar-refractivity contribution in [3.05, 3.63) is 35.9 Å². The number of rotatable bonds is 10. The van der Waals surface area contributed by atoms with Gasteiger partial charge in [0.2, 0.25) is 0 Å². The summed E-state index contributed by atoms with van der Waals surface area (Å²) in [5.41, 5.74) is 1.15. The maximum absolute atomic E-state index is 11.0. The zero-order chi connectivity index (χ0) is 29.6. The van der Waals surface area contributed by atoms with E-state index in [1.807, 2.05) is 45.9 Å². The van der Waals surface area contributed by atoms with Crippen molar-refractivity contribution < 1.29 is 33.2 Å². The van der Waals surface area contributed by atoms with Crippen LogP contribution >= 0.6 is 0 Å². The Morgan fingerprint density at radius 3 is 2.17 bits per heavy atom. The molecule has 0 aromatic heterocycles. The molecule has 2 fully saturated rings. The van der Waals surface area contributed by atoms with E-state index in [0.717, 1.165) is 18.4 Å². The monoisotopic (exact) mass is 576 g/mol. The Labute approximate surface area is 243 Å². The summed E-state index contributed by atoms with van der Waals surface area (Å²) >= 11 is 0. The first-order chi connectivity index (χ1) is 18.6. The van der Waals surface area contributed by atoms with Crippen LogP contribution in [-0.2, 0) is 34.7 Å². The molecular formula is C32H52O7Si. The van der Waals surface area contributed by atoms with Gasteiger partial charge in [-0.2, -0.15) is 0 Å². The second-order valence-electron chi connectivity index (χ2n) is 13.5. The fourth-order valence-electron chi connectivity index (χ4n) is 4.80. The van der Waals surface area contributed by atoms with Crippen molar-refractivity contribution in [2.24, 2.45) is 0 Å². The highest BCUT2D eigenvalue weighted by Gasteiger charge is 2.40. The lowest BCUT2D eigenvalue weighted by Gasteiger charge is -2.42. The third-order valence-corrected chi connectivity index (χ3v) is 12.4. The first-order valence-corrected chi connectivity index (χ1v) is 17.6. The smallest absolute Gasteiger partial charge is 0.191 e. The molecular weight excluding hydrogens is 524 g/mol. The molecule has 1 aromatic carbocycles. The van der Waals surface area contributed by atoms with Crippen LogP contribution in [0, 0.1) is 11.8 Å². The lowest BCUT2D eigenvalue weighted by atomic mass is 10.0. The Morgan fingerprint density at radius 2 is 1.52 bits per heavy atom. The highest BCUT2D eigenvalue weighted by Crippen LogP contribution is 2.37. The number of benzene rings is 1. The quantitative estimate of drug-likeness (QED) is 0.202. The molecule has 226 valence electrons. The lowest BCUT2D eigenvalue weighted by molar-refractivity contribution is -0.310. The molecule has 2 aliphatic rings. The second kappa shape index (κ2) is 13.8. The van der Waals surface area contributed by atoms with Gasteiger partial charge in [0.25, 0.3) is 0 Å². The maximum Gasteiger partial charge on any atom is 0.191 e. The molecule has 0 saturated carbocycles. The van der Waals surface area contributed by atoms with Gasteiger partial charge in [-0.3, -0.25) is 0 Å². The molecule has 2 saturated heterocycles. The van der Waals surface area contributed by atoms with E-state index in [-0.39, 0.29) is 23.4 Å². The van der Waals surface area contributed by atoms with E-state index in [4.69, 9.17) is 28.1 Å². The zero-order valence-corrected chi connectivity index (χ0v) is 27.1. The average molecular weight is 577 g/mol. The molecule has 2 aliphatic heterocycles. The van der Waals surface area contributed by atoms with Gasteiger partial charge >= 0.3 is 0 Å². The summed E-state index contributed by atoms with van der Waals surface area (Å²) in [4.78, 5) is 0. The van der Waals surface area contributed by atoms with Gasteiger partial charge in [0.15, 0.2) is 19.9 Å². The minimum absolute atomic E-state index is 0.0421. The highest BCUT2D eigenvalue weighted by molar-refractivity contribution is 6.74. The summed E-state index contributed by atoms with van der Waals surface area (Å²) in [6, 6.07) is 10.1. The van der Waals surface area contributed by atoms with Crippen LogP contribution < -0.4 is 0 Å². The van der Waals surface area contributed by atoms with Crippen LogP contribution in [0.2, 0.25) is 18.1 Å². The van der Waals surface area contributed by atoms with Crippen molar-refractivity contribution in [1.82, 2.24) is 0 Å². The molecule has 7 nitrogen and oxygen atoms in total. The zero-order valence-electron chi connectivity index (χ0n) is 26.1. The van der Waals surface area contributed by atoms with Gasteiger partial charge in [0.1, 0.15) is 18.3 Å². The highest BCUT2D eigenvalue weighted by atomic mass is 28.4. The number of hydrogen-bond donors (Lipinski definition) is 1. The van der Waals surface area contributed by atoms with Gasteiger partial charge in [0, 0.05) is 26.1 Å². The summed E-state index contributed by atoms with van der Waals surface area (Å²) in [5.74, 6) is 4.60. The van der Waals surface area contributed by atoms with Crippen molar-refractivity contribution in [3.8, 4) is 11.8 Å². The molecule has 1 aromatic rings. The summed E-state index contributed by atoms with van der Waals surface area (Å²) < 4.78 is 36.7. The third-order valence-electron chi connectivity index (χ3n) is 7.88. The van der Waals surface area contributed by atoms with Crippen LogP contribution in [0.25, 0.3) is 0 Å². The summed E-state index contributed by atoms with van der Waals surface area (Å²) in [6.07, 6.45) is 0.801. The van der Waals surface area contributed by atoms with Crippen LogP contribution in [0.1, 0.15) is 79.7 Å². The van der Waals surface area contributed by atoms with E-state index in [0.29, 0.717) is 32.7 Å². The van der Waals surface area contributed by atoms with Gasteiger partial charge < -0.3 is 33.2 Å². The van der Waals surface area contributed by atoms with Gasteiger partial charge in [-0.15, -0.1) is 0 Å². The fourth-order valence-corrected chi connectivity index (χ4v) is 5.86. The van der Waals surface area contributed by atoms with Crippen LogP contribution in [0.4, 0.5) is 0 Å². The number of hydrogen-bond acceptors (Lipinski definition) is 7. The third kappa shape index (κ3) is 10.5. The van der Waals surface area contributed by atoms with E-state index in [2.05, 4.69) is 57.8 Å². The molecule has 0 bridgehead atoms. The first kappa shape index (κ1) is 33.2. The molecule has 8 heteroatoms. The first-order valence-electron chi connectivity index (χ1n) is 14.7. The molecule has 5 atom stereocenters. The van der Waals surface area contributed by atoms with E-state index in [1.54, 1.807) is 0 Å². The molecule has 0 unspecified atom stereocenters. The summed E-state index contributed by atoms with van der Waals surface area (Å²) in [6.45, 7) is 20.6. The summed E-state index contributed by atoms with van der Waals surface area (Å²) in [7, 11) is -1.83. The predicted molar refractivity (Wildman–Crippen MR) is 159 cm³/mol.